The van der Waals surface area contributed by atoms with E-state index >= 15 is 0 Å². The second kappa shape index (κ2) is 10.6. The topological polar surface area (TPSA) is 70.6 Å². The van der Waals surface area contributed by atoms with Crippen LogP contribution in [0.25, 0.3) is 0 Å². The van der Waals surface area contributed by atoms with E-state index in [0.717, 1.165) is 17.5 Å². The quantitative estimate of drug-likeness (QED) is 0.333. The predicted octanol–water partition coefficient (Wildman–Crippen LogP) is 5.61. The number of nitrogens with one attached hydrogen (secondary N) is 2. The van der Waals surface area contributed by atoms with Gasteiger partial charge in [-0.15, -0.1) is 0 Å². The zero-order valence-corrected chi connectivity index (χ0v) is 18.4. The first-order valence-electron chi connectivity index (χ1n) is 10.2. The molecule has 0 fully saturated rings. The smallest absolute Gasteiger partial charge is 0.257 e. The Morgan fingerprint density at radius 2 is 1.77 bits per heavy atom. The van der Waals surface area contributed by atoms with Crippen molar-refractivity contribution >= 4 is 28.9 Å². The summed E-state index contributed by atoms with van der Waals surface area (Å²) < 4.78 is 5.74. The third-order valence-corrected chi connectivity index (χ3v) is 5.25. The third kappa shape index (κ3) is 6.30. The van der Waals surface area contributed by atoms with Crippen molar-refractivity contribution in [3.63, 3.8) is 0 Å². The Kier molecular flexibility index (Phi) is 7.62. The highest BCUT2D eigenvalue weighted by Crippen LogP contribution is 2.29. The molecule has 0 aromatic heterocycles. The first-order chi connectivity index (χ1) is 15.0. The van der Waals surface area contributed by atoms with E-state index in [1.165, 1.54) is 0 Å². The molecule has 0 radical (unpaired) electrons. The van der Waals surface area contributed by atoms with Crippen LogP contribution in [0.15, 0.2) is 72.8 Å². The van der Waals surface area contributed by atoms with Crippen LogP contribution >= 0.6 is 12.2 Å². The molecule has 3 N–H and O–H groups in total. The minimum atomic E-state index is -0.343. The molecular formula is C25H26N2O3S. The van der Waals surface area contributed by atoms with Crippen LogP contribution in [0, 0.1) is 0 Å². The SMILES string of the molecule is CC[C@@H](C)c1ccc(O)c(NC(=S)NC(=O)c2ccc(OCc3ccccc3)cc2)c1. The van der Waals surface area contributed by atoms with E-state index in [1.807, 2.05) is 42.5 Å². The van der Waals surface area contributed by atoms with E-state index in [-0.39, 0.29) is 16.8 Å². The monoisotopic (exact) mass is 434 g/mol. The maximum Gasteiger partial charge on any atom is 0.257 e. The van der Waals surface area contributed by atoms with Crippen molar-refractivity contribution in [1.82, 2.24) is 5.32 Å². The fraction of sp³-hybridized carbons (Fsp3) is 0.200. The molecule has 0 unspecified atom stereocenters. The molecule has 0 saturated heterocycles. The van der Waals surface area contributed by atoms with Crippen molar-refractivity contribution in [2.45, 2.75) is 32.8 Å². The maximum absolute atomic E-state index is 12.5. The highest BCUT2D eigenvalue weighted by molar-refractivity contribution is 7.80. The van der Waals surface area contributed by atoms with Crippen LogP contribution in [-0.4, -0.2) is 16.1 Å². The normalized spacial score (nSPS) is 11.4. The lowest BCUT2D eigenvalue weighted by Gasteiger charge is -2.15. The van der Waals surface area contributed by atoms with E-state index in [4.69, 9.17) is 17.0 Å². The van der Waals surface area contributed by atoms with Gasteiger partial charge in [-0.1, -0.05) is 50.2 Å². The lowest BCUT2D eigenvalue weighted by Crippen LogP contribution is -2.34. The number of aromatic hydroxyl groups is 1. The first-order valence-corrected chi connectivity index (χ1v) is 10.6. The number of benzene rings is 3. The molecule has 3 aromatic rings. The first kappa shape index (κ1) is 22.3. The fourth-order valence-electron chi connectivity index (χ4n) is 2.97. The molecule has 0 aliphatic heterocycles. The van der Waals surface area contributed by atoms with E-state index in [2.05, 4.69) is 24.5 Å². The summed E-state index contributed by atoms with van der Waals surface area (Å²) in [5.41, 5.74) is 3.07. The molecule has 0 saturated carbocycles. The molecule has 31 heavy (non-hydrogen) atoms. The zero-order chi connectivity index (χ0) is 22.2. The van der Waals surface area contributed by atoms with Gasteiger partial charge in [0.05, 0.1) is 5.69 Å². The van der Waals surface area contributed by atoms with Gasteiger partial charge in [-0.2, -0.15) is 0 Å². The van der Waals surface area contributed by atoms with Crippen molar-refractivity contribution < 1.29 is 14.6 Å². The minimum Gasteiger partial charge on any atom is -0.506 e. The van der Waals surface area contributed by atoms with Gasteiger partial charge in [0.1, 0.15) is 18.1 Å². The van der Waals surface area contributed by atoms with Crippen LogP contribution in [0.2, 0.25) is 0 Å². The highest BCUT2D eigenvalue weighted by Gasteiger charge is 2.12. The average Bonchev–Trinajstić information content (AvgIpc) is 2.79. The fourth-order valence-corrected chi connectivity index (χ4v) is 3.17. The molecule has 0 aliphatic rings. The van der Waals surface area contributed by atoms with Gasteiger partial charge in [0.15, 0.2) is 5.11 Å². The lowest BCUT2D eigenvalue weighted by molar-refractivity contribution is 0.0977. The van der Waals surface area contributed by atoms with Crippen LogP contribution in [-0.2, 0) is 6.61 Å². The second-order valence-corrected chi connectivity index (χ2v) is 7.70. The molecular weight excluding hydrogens is 408 g/mol. The number of rotatable bonds is 7. The Bertz CT molecular complexity index is 1040. The maximum atomic E-state index is 12.5. The van der Waals surface area contributed by atoms with Gasteiger partial charge in [-0.25, -0.2) is 0 Å². The molecule has 5 nitrogen and oxygen atoms in total. The van der Waals surface area contributed by atoms with Crippen molar-refractivity contribution in [1.29, 1.82) is 0 Å². The zero-order valence-electron chi connectivity index (χ0n) is 17.6. The number of hydrogen-bond acceptors (Lipinski definition) is 4. The van der Waals surface area contributed by atoms with E-state index in [0.29, 0.717) is 29.5 Å². The molecule has 160 valence electrons. The van der Waals surface area contributed by atoms with Gasteiger partial charge >= 0.3 is 0 Å². The number of ether oxygens (including phenoxy) is 1. The number of amides is 1. The van der Waals surface area contributed by atoms with E-state index < -0.39 is 0 Å². The summed E-state index contributed by atoms with van der Waals surface area (Å²) in [5, 5.41) is 15.8. The number of carbonyl (C=O) groups is 1. The molecule has 0 aliphatic carbocycles. The third-order valence-electron chi connectivity index (χ3n) is 5.04. The number of phenolic OH excluding ortho intramolecular Hbond substituents is 1. The highest BCUT2D eigenvalue weighted by atomic mass is 32.1. The number of phenols is 1. The predicted molar refractivity (Wildman–Crippen MR) is 128 cm³/mol. The van der Waals surface area contributed by atoms with Crippen LogP contribution in [0.5, 0.6) is 11.5 Å². The summed E-state index contributed by atoms with van der Waals surface area (Å²) in [6.07, 6.45) is 0.983. The summed E-state index contributed by atoms with van der Waals surface area (Å²) >= 11 is 5.25. The summed E-state index contributed by atoms with van der Waals surface area (Å²) in [7, 11) is 0. The molecule has 0 spiro atoms. The number of anilines is 1. The Labute approximate surface area is 188 Å². The average molecular weight is 435 g/mol. The molecule has 3 aromatic carbocycles. The molecule has 0 heterocycles. The van der Waals surface area contributed by atoms with Gasteiger partial charge < -0.3 is 15.2 Å². The second-order valence-electron chi connectivity index (χ2n) is 7.29. The van der Waals surface area contributed by atoms with Gasteiger partial charge in [-0.05, 0) is 72.1 Å². The molecule has 1 amide bonds. The van der Waals surface area contributed by atoms with E-state index in [9.17, 15) is 9.90 Å². The molecule has 6 heteroatoms. The van der Waals surface area contributed by atoms with Crippen LogP contribution in [0.3, 0.4) is 0 Å². The van der Waals surface area contributed by atoms with Crippen LogP contribution in [0.1, 0.15) is 47.7 Å². The Morgan fingerprint density at radius 1 is 1.06 bits per heavy atom. The van der Waals surface area contributed by atoms with Crippen LogP contribution in [0.4, 0.5) is 5.69 Å². The van der Waals surface area contributed by atoms with Gasteiger partial charge in [0, 0.05) is 5.56 Å². The van der Waals surface area contributed by atoms with E-state index in [1.54, 1.807) is 30.3 Å². The molecule has 3 rings (SSSR count). The Hall–Kier alpha value is -3.38. The number of hydrogen-bond donors (Lipinski definition) is 3. The molecule has 0 bridgehead atoms. The van der Waals surface area contributed by atoms with Crippen LogP contribution < -0.4 is 15.4 Å². The summed E-state index contributed by atoms with van der Waals surface area (Å²) in [4.78, 5) is 12.5. The Morgan fingerprint density at radius 3 is 2.45 bits per heavy atom. The van der Waals surface area contributed by atoms with Crippen molar-refractivity contribution in [2.75, 3.05) is 5.32 Å². The summed E-state index contributed by atoms with van der Waals surface area (Å²) in [6, 6.07) is 22.1. The van der Waals surface area contributed by atoms with Crippen molar-refractivity contribution in [2.24, 2.45) is 0 Å². The number of thiocarbonyl (C=S) groups is 1. The van der Waals surface area contributed by atoms with Crippen molar-refractivity contribution in [3.8, 4) is 11.5 Å². The van der Waals surface area contributed by atoms with Gasteiger partial charge in [-0.3, -0.25) is 10.1 Å². The lowest BCUT2D eigenvalue weighted by atomic mass is 9.98. The number of carbonyl (C=O) groups excluding carboxylic acids is 1. The van der Waals surface area contributed by atoms with Gasteiger partial charge in [0.2, 0.25) is 0 Å². The largest absolute Gasteiger partial charge is 0.506 e. The Balaban J connectivity index is 1.56. The standard InChI is InChI=1S/C25H26N2O3S/c1-3-17(2)20-11-14-23(28)22(15-20)26-25(31)27-24(29)19-9-12-21(13-10-19)30-16-18-7-5-4-6-8-18/h4-15,17,28H,3,16H2,1-2H3,(H2,26,27,29,31)/t17-/m1/s1. The summed E-state index contributed by atoms with van der Waals surface area (Å²) in [6.45, 7) is 4.68. The summed E-state index contributed by atoms with van der Waals surface area (Å²) in [5.74, 6) is 0.757. The van der Waals surface area contributed by atoms with Gasteiger partial charge in [0.25, 0.3) is 5.91 Å². The minimum absolute atomic E-state index is 0.0727. The van der Waals surface area contributed by atoms with Crippen molar-refractivity contribution in [3.05, 3.63) is 89.5 Å². The molecule has 1 atom stereocenters.